The Morgan fingerprint density at radius 3 is 2.92 bits per heavy atom. The lowest BCUT2D eigenvalue weighted by Crippen LogP contribution is -2.37. The maximum absolute atomic E-state index is 12.9. The van der Waals surface area contributed by atoms with Gasteiger partial charge in [0.25, 0.3) is 11.8 Å². The summed E-state index contributed by atoms with van der Waals surface area (Å²) in [5.74, 6) is 0.249. The summed E-state index contributed by atoms with van der Waals surface area (Å²) in [4.78, 5) is 27.4. The van der Waals surface area contributed by atoms with Gasteiger partial charge in [-0.25, -0.2) is 0 Å². The summed E-state index contributed by atoms with van der Waals surface area (Å²) in [7, 11) is 0. The second-order valence-electron chi connectivity index (χ2n) is 5.48. The number of amides is 2. The first-order valence-corrected chi connectivity index (χ1v) is 10.1. The van der Waals surface area contributed by atoms with Crippen LogP contribution in [0.1, 0.15) is 15.2 Å². The number of hydrogen-bond acceptors (Lipinski definition) is 6. The number of nitrogens with zero attached hydrogens (tertiary/aromatic N) is 1. The molecule has 5 nitrogen and oxygen atoms in total. The highest BCUT2D eigenvalue weighted by Gasteiger charge is 2.27. The van der Waals surface area contributed by atoms with Crippen LogP contribution in [-0.2, 0) is 4.79 Å². The number of anilines is 1. The van der Waals surface area contributed by atoms with Crippen molar-refractivity contribution in [1.82, 2.24) is 5.32 Å². The normalized spacial score (nSPS) is 17.9. The third-order valence-electron chi connectivity index (χ3n) is 3.84. The standard InChI is InChI=1S/C17H11ClN2O3S3/c18-10-3-6-25-14(10)16(22)20-4-5-23-12-2-1-9(7-11(12)20)8-13-15(21)19-17(24)26-13/h1-3,6-8H,4-5H2,(H,19,21,24). The van der Waals surface area contributed by atoms with Crippen molar-refractivity contribution in [3.05, 3.63) is 50.0 Å². The zero-order valence-electron chi connectivity index (χ0n) is 13.2. The van der Waals surface area contributed by atoms with E-state index in [0.29, 0.717) is 43.7 Å². The van der Waals surface area contributed by atoms with Gasteiger partial charge in [0.05, 0.1) is 22.2 Å². The van der Waals surface area contributed by atoms with Gasteiger partial charge < -0.3 is 15.0 Å². The molecule has 0 bridgehead atoms. The number of ether oxygens (including phenoxy) is 1. The molecule has 2 amide bonds. The van der Waals surface area contributed by atoms with Gasteiger partial charge in [0.2, 0.25) is 0 Å². The number of thiophene rings is 1. The van der Waals surface area contributed by atoms with Gasteiger partial charge in [0.15, 0.2) is 0 Å². The second kappa shape index (κ2) is 7.03. The Bertz CT molecular complexity index is 970. The Hall–Kier alpha value is -1.87. The zero-order chi connectivity index (χ0) is 18.3. The van der Waals surface area contributed by atoms with Crippen molar-refractivity contribution in [3.63, 3.8) is 0 Å². The maximum Gasteiger partial charge on any atom is 0.270 e. The van der Waals surface area contributed by atoms with Crippen LogP contribution in [0.2, 0.25) is 5.02 Å². The van der Waals surface area contributed by atoms with Crippen LogP contribution < -0.4 is 15.0 Å². The van der Waals surface area contributed by atoms with Crippen molar-refractivity contribution in [1.29, 1.82) is 0 Å². The highest BCUT2D eigenvalue weighted by Crippen LogP contribution is 2.36. The molecule has 0 radical (unpaired) electrons. The Balaban J connectivity index is 1.70. The molecule has 3 heterocycles. The van der Waals surface area contributed by atoms with Crippen LogP contribution >= 0.6 is 46.9 Å². The van der Waals surface area contributed by atoms with E-state index in [-0.39, 0.29) is 11.8 Å². The van der Waals surface area contributed by atoms with E-state index < -0.39 is 0 Å². The molecular formula is C17H11ClN2O3S3. The number of carbonyl (C=O) groups excluding carboxylic acids is 2. The van der Waals surface area contributed by atoms with Crippen LogP contribution in [-0.4, -0.2) is 29.3 Å². The Labute approximate surface area is 168 Å². The van der Waals surface area contributed by atoms with E-state index in [2.05, 4.69) is 5.32 Å². The van der Waals surface area contributed by atoms with Crippen LogP contribution in [0, 0.1) is 0 Å². The fraction of sp³-hybridized carbons (Fsp3) is 0.118. The Morgan fingerprint density at radius 2 is 2.23 bits per heavy atom. The molecule has 1 N–H and O–H groups in total. The van der Waals surface area contributed by atoms with Gasteiger partial charge in [0, 0.05) is 0 Å². The van der Waals surface area contributed by atoms with Gasteiger partial charge in [-0.15, -0.1) is 11.3 Å². The maximum atomic E-state index is 12.9. The Kier molecular flexibility index (Phi) is 4.74. The summed E-state index contributed by atoms with van der Waals surface area (Å²) in [5.41, 5.74) is 1.44. The number of nitrogens with one attached hydrogen (secondary N) is 1. The predicted octanol–water partition coefficient (Wildman–Crippen LogP) is 3.93. The highest BCUT2D eigenvalue weighted by molar-refractivity contribution is 8.26. The van der Waals surface area contributed by atoms with Crippen molar-refractivity contribution >= 4 is 74.8 Å². The predicted molar refractivity (Wildman–Crippen MR) is 109 cm³/mol. The first-order valence-electron chi connectivity index (χ1n) is 7.59. The number of thiocarbonyl (C=S) groups is 1. The summed E-state index contributed by atoms with van der Waals surface area (Å²) in [6.07, 6.45) is 1.75. The fourth-order valence-electron chi connectivity index (χ4n) is 2.68. The van der Waals surface area contributed by atoms with Crippen molar-refractivity contribution in [2.45, 2.75) is 0 Å². The summed E-state index contributed by atoms with van der Waals surface area (Å²) in [5, 5.41) is 4.82. The topological polar surface area (TPSA) is 58.6 Å². The van der Waals surface area contributed by atoms with Crippen LogP contribution in [0.4, 0.5) is 5.69 Å². The van der Waals surface area contributed by atoms with E-state index in [4.69, 9.17) is 28.6 Å². The van der Waals surface area contributed by atoms with Gasteiger partial charge in [-0.05, 0) is 35.2 Å². The second-order valence-corrected chi connectivity index (χ2v) is 8.52. The molecule has 26 heavy (non-hydrogen) atoms. The van der Waals surface area contributed by atoms with Gasteiger partial charge >= 0.3 is 0 Å². The molecule has 0 aliphatic carbocycles. The summed E-state index contributed by atoms with van der Waals surface area (Å²) in [6, 6.07) is 7.18. The van der Waals surface area contributed by atoms with E-state index in [9.17, 15) is 9.59 Å². The summed E-state index contributed by atoms with van der Waals surface area (Å²) >= 11 is 13.6. The SMILES string of the molecule is O=C1NC(=S)SC1=Cc1ccc2c(c1)N(C(=O)c1sccc1Cl)CCO2. The molecule has 0 saturated carbocycles. The van der Waals surface area contributed by atoms with E-state index in [1.54, 1.807) is 28.5 Å². The molecule has 132 valence electrons. The number of benzene rings is 1. The largest absolute Gasteiger partial charge is 0.490 e. The molecule has 4 rings (SSSR count). The highest BCUT2D eigenvalue weighted by atomic mass is 35.5. The van der Waals surface area contributed by atoms with E-state index in [0.717, 1.165) is 5.56 Å². The lowest BCUT2D eigenvalue weighted by Gasteiger charge is -2.29. The molecule has 2 aromatic rings. The van der Waals surface area contributed by atoms with Crippen molar-refractivity contribution in [2.75, 3.05) is 18.1 Å². The van der Waals surface area contributed by atoms with Gasteiger partial charge in [-0.3, -0.25) is 9.59 Å². The minimum Gasteiger partial charge on any atom is -0.490 e. The molecule has 1 saturated heterocycles. The zero-order valence-corrected chi connectivity index (χ0v) is 16.4. The van der Waals surface area contributed by atoms with E-state index in [1.807, 2.05) is 12.1 Å². The van der Waals surface area contributed by atoms with Gasteiger partial charge in [-0.2, -0.15) is 0 Å². The van der Waals surface area contributed by atoms with Gasteiger partial charge in [-0.1, -0.05) is 41.6 Å². The van der Waals surface area contributed by atoms with Gasteiger partial charge in [0.1, 0.15) is 21.6 Å². The number of hydrogen-bond donors (Lipinski definition) is 1. The molecule has 0 atom stereocenters. The van der Waals surface area contributed by atoms with Crippen LogP contribution in [0.25, 0.3) is 6.08 Å². The first kappa shape index (κ1) is 17.5. The van der Waals surface area contributed by atoms with Crippen molar-refractivity contribution < 1.29 is 14.3 Å². The minimum atomic E-state index is -0.215. The van der Waals surface area contributed by atoms with Crippen molar-refractivity contribution in [2.24, 2.45) is 0 Å². The number of rotatable bonds is 2. The molecule has 0 unspecified atom stereocenters. The molecule has 9 heteroatoms. The lowest BCUT2D eigenvalue weighted by atomic mass is 10.1. The third kappa shape index (κ3) is 3.25. The minimum absolute atomic E-state index is 0.159. The quantitative estimate of drug-likeness (QED) is 0.587. The van der Waals surface area contributed by atoms with E-state index >= 15 is 0 Å². The van der Waals surface area contributed by atoms with Crippen LogP contribution in [0.5, 0.6) is 5.75 Å². The lowest BCUT2D eigenvalue weighted by molar-refractivity contribution is -0.115. The smallest absolute Gasteiger partial charge is 0.270 e. The molecule has 1 aromatic carbocycles. The first-order chi connectivity index (χ1) is 12.5. The van der Waals surface area contributed by atoms with Crippen LogP contribution in [0.15, 0.2) is 34.6 Å². The summed E-state index contributed by atoms with van der Waals surface area (Å²) in [6.45, 7) is 0.841. The summed E-state index contributed by atoms with van der Waals surface area (Å²) < 4.78 is 6.10. The molecular weight excluding hydrogens is 412 g/mol. The average Bonchev–Trinajstić information content (AvgIpc) is 3.18. The molecule has 2 aliphatic rings. The number of fused-ring (bicyclic) bond motifs is 1. The van der Waals surface area contributed by atoms with E-state index in [1.165, 1.54) is 23.1 Å². The van der Waals surface area contributed by atoms with Crippen LogP contribution in [0.3, 0.4) is 0 Å². The average molecular weight is 423 g/mol. The molecule has 1 aromatic heterocycles. The number of halogens is 1. The molecule has 2 aliphatic heterocycles. The third-order valence-corrected chi connectivity index (χ3v) is 6.33. The Morgan fingerprint density at radius 1 is 1.38 bits per heavy atom. The monoisotopic (exact) mass is 422 g/mol. The number of carbonyl (C=O) groups is 2. The van der Waals surface area contributed by atoms with Crippen molar-refractivity contribution in [3.8, 4) is 5.75 Å². The molecule has 0 spiro atoms. The molecule has 1 fully saturated rings. The number of thioether (sulfide) groups is 1. The fourth-order valence-corrected chi connectivity index (χ4v) is 4.81.